The van der Waals surface area contributed by atoms with Gasteiger partial charge < -0.3 is 0 Å². The molecule has 18 heavy (non-hydrogen) atoms. The van der Waals surface area contributed by atoms with E-state index in [0.29, 0.717) is 12.1 Å². The Hall–Kier alpha value is -2.18. The predicted molar refractivity (Wildman–Crippen MR) is 66.4 cm³/mol. The Bertz CT molecular complexity index is 640. The van der Waals surface area contributed by atoms with Gasteiger partial charge in [-0.15, -0.1) is 0 Å². The van der Waals surface area contributed by atoms with E-state index in [0.717, 1.165) is 0 Å². The second-order valence-electron chi connectivity index (χ2n) is 4.59. The summed E-state index contributed by atoms with van der Waals surface area (Å²) in [7, 11) is 0. The number of rotatable bonds is 3. The summed E-state index contributed by atoms with van der Waals surface area (Å²) in [6, 6.07) is 1.39. The molecule has 0 saturated carbocycles. The first-order chi connectivity index (χ1) is 8.45. The number of aryl methyl sites for hydroxylation is 1. The molecule has 96 valence electrons. The van der Waals surface area contributed by atoms with Gasteiger partial charge in [-0.3, -0.25) is 20.0 Å². The molecule has 2 rings (SSSR count). The lowest BCUT2D eigenvalue weighted by Gasteiger charge is -2.03. The Morgan fingerprint density at radius 2 is 2.22 bits per heavy atom. The minimum absolute atomic E-state index is 0.145. The summed E-state index contributed by atoms with van der Waals surface area (Å²) in [4.78, 5) is 31.3. The molecule has 0 atom stereocenters. The zero-order chi connectivity index (χ0) is 13.3. The highest BCUT2D eigenvalue weighted by Gasteiger charge is 2.10. The molecule has 7 nitrogen and oxygen atoms in total. The highest BCUT2D eigenvalue weighted by atomic mass is 16.2. The van der Waals surface area contributed by atoms with E-state index in [4.69, 9.17) is 0 Å². The average Bonchev–Trinajstić information content (AvgIpc) is 2.58. The molecule has 0 saturated heterocycles. The molecule has 0 spiro atoms. The zero-order valence-corrected chi connectivity index (χ0v) is 10.5. The van der Waals surface area contributed by atoms with E-state index in [-0.39, 0.29) is 29.1 Å². The molecule has 0 aromatic carbocycles. The summed E-state index contributed by atoms with van der Waals surface area (Å²) in [5, 5.41) is 5.30. The van der Waals surface area contributed by atoms with E-state index in [1.54, 1.807) is 6.92 Å². The van der Waals surface area contributed by atoms with Crippen molar-refractivity contribution in [3.63, 3.8) is 0 Å². The molecule has 0 aliphatic carbocycles. The lowest BCUT2D eigenvalue weighted by Crippen LogP contribution is -2.16. The minimum Gasteiger partial charge on any atom is -0.295 e. The van der Waals surface area contributed by atoms with Crippen molar-refractivity contribution in [2.75, 3.05) is 5.32 Å². The molecule has 1 amide bonds. The van der Waals surface area contributed by atoms with Gasteiger partial charge in [0.25, 0.3) is 11.3 Å². The van der Waals surface area contributed by atoms with Crippen LogP contribution in [0.2, 0.25) is 0 Å². The van der Waals surface area contributed by atoms with Gasteiger partial charge in [-0.25, -0.2) is 4.98 Å². The third-order valence-electron chi connectivity index (χ3n) is 2.31. The normalized spacial score (nSPS) is 11.1. The summed E-state index contributed by atoms with van der Waals surface area (Å²) in [5.41, 5.74) is 0.334. The van der Waals surface area contributed by atoms with Crippen LogP contribution in [0.1, 0.15) is 26.0 Å². The van der Waals surface area contributed by atoms with Crippen LogP contribution in [0.4, 0.5) is 5.95 Å². The van der Waals surface area contributed by atoms with Crippen LogP contribution < -0.4 is 10.9 Å². The van der Waals surface area contributed by atoms with Gasteiger partial charge in [0, 0.05) is 18.2 Å². The summed E-state index contributed by atoms with van der Waals surface area (Å²) >= 11 is 0. The summed E-state index contributed by atoms with van der Waals surface area (Å²) in [6.45, 7) is 5.62. The highest BCUT2D eigenvalue weighted by molar-refractivity contribution is 5.89. The van der Waals surface area contributed by atoms with Gasteiger partial charge in [0.1, 0.15) is 0 Å². The fourth-order valence-electron chi connectivity index (χ4n) is 1.60. The van der Waals surface area contributed by atoms with E-state index < -0.39 is 0 Å². The van der Waals surface area contributed by atoms with Crippen molar-refractivity contribution < 1.29 is 4.79 Å². The fraction of sp³-hybridized carbons (Fsp3) is 0.455. The number of nitrogens with one attached hydrogen (secondary N) is 2. The Balaban J connectivity index is 2.28. The van der Waals surface area contributed by atoms with Crippen LogP contribution in [0.3, 0.4) is 0 Å². The highest BCUT2D eigenvalue weighted by Crippen LogP contribution is 2.05. The van der Waals surface area contributed by atoms with Crippen LogP contribution in [0, 0.1) is 12.8 Å². The number of nitrogens with zero attached hydrogens (tertiary/aromatic N) is 3. The van der Waals surface area contributed by atoms with E-state index in [1.807, 2.05) is 13.8 Å². The van der Waals surface area contributed by atoms with Crippen LogP contribution in [0.15, 0.2) is 10.9 Å². The number of H-pyrrole nitrogens is 1. The minimum atomic E-state index is -0.255. The van der Waals surface area contributed by atoms with Crippen molar-refractivity contribution in [3.8, 4) is 0 Å². The van der Waals surface area contributed by atoms with Crippen LogP contribution in [0.5, 0.6) is 0 Å². The number of carbonyl (C=O) groups is 1. The lowest BCUT2D eigenvalue weighted by atomic mass is 10.1. The molecule has 0 radical (unpaired) electrons. The summed E-state index contributed by atoms with van der Waals surface area (Å²) in [5.74, 6) is 0.599. The van der Waals surface area contributed by atoms with Gasteiger partial charge in [-0.1, -0.05) is 13.8 Å². The Kier molecular flexibility index (Phi) is 3.14. The van der Waals surface area contributed by atoms with Gasteiger partial charge >= 0.3 is 0 Å². The molecule has 0 fully saturated rings. The van der Waals surface area contributed by atoms with E-state index in [1.165, 1.54) is 10.6 Å². The number of hydrogen-bond donors (Lipinski definition) is 2. The molecule has 2 aromatic heterocycles. The quantitative estimate of drug-likeness (QED) is 0.838. The first-order valence-corrected chi connectivity index (χ1v) is 5.72. The third kappa shape index (κ3) is 2.55. The third-order valence-corrected chi connectivity index (χ3v) is 2.31. The van der Waals surface area contributed by atoms with Gasteiger partial charge in [-0.2, -0.15) is 9.50 Å². The monoisotopic (exact) mass is 249 g/mol. The number of hydrogen-bond acceptors (Lipinski definition) is 4. The van der Waals surface area contributed by atoms with Gasteiger partial charge in [0.15, 0.2) is 0 Å². The molecule has 0 unspecified atom stereocenters. The maximum absolute atomic E-state index is 11.6. The average molecular weight is 249 g/mol. The van der Waals surface area contributed by atoms with Crippen LogP contribution in [0.25, 0.3) is 5.78 Å². The van der Waals surface area contributed by atoms with E-state index >= 15 is 0 Å². The van der Waals surface area contributed by atoms with Gasteiger partial charge in [0.2, 0.25) is 11.9 Å². The van der Waals surface area contributed by atoms with Crippen molar-refractivity contribution in [3.05, 3.63) is 22.1 Å². The van der Waals surface area contributed by atoms with Crippen molar-refractivity contribution in [2.45, 2.75) is 27.2 Å². The van der Waals surface area contributed by atoms with Crippen LogP contribution in [-0.4, -0.2) is 25.5 Å². The Morgan fingerprint density at radius 3 is 2.89 bits per heavy atom. The van der Waals surface area contributed by atoms with Crippen LogP contribution in [-0.2, 0) is 4.79 Å². The maximum atomic E-state index is 11.6. The number of aromatic amines is 1. The molecule has 2 N–H and O–H groups in total. The smallest absolute Gasteiger partial charge is 0.274 e. The Morgan fingerprint density at radius 1 is 1.50 bits per heavy atom. The summed E-state index contributed by atoms with van der Waals surface area (Å²) < 4.78 is 1.19. The standard InChI is InChI=1S/C11H15N5O2/c1-6(2)4-8(17)13-10-14-11-12-7(3)5-9(18)16(11)15-10/h5-6H,4H2,1-3H3,(H2,12,13,14,15,17). The number of carbonyl (C=O) groups excluding carboxylic acids is 1. The lowest BCUT2D eigenvalue weighted by molar-refractivity contribution is -0.116. The van der Waals surface area contributed by atoms with Crippen LogP contribution >= 0.6 is 0 Å². The molecule has 0 bridgehead atoms. The van der Waals surface area contributed by atoms with E-state index in [9.17, 15) is 9.59 Å². The van der Waals surface area contributed by atoms with Crippen molar-refractivity contribution in [1.82, 2.24) is 19.6 Å². The molecule has 7 heteroatoms. The van der Waals surface area contributed by atoms with E-state index in [2.05, 4.69) is 20.4 Å². The number of anilines is 1. The maximum Gasteiger partial charge on any atom is 0.274 e. The van der Waals surface area contributed by atoms with Gasteiger partial charge in [-0.05, 0) is 12.8 Å². The van der Waals surface area contributed by atoms with Crippen molar-refractivity contribution in [2.24, 2.45) is 5.92 Å². The zero-order valence-electron chi connectivity index (χ0n) is 10.5. The SMILES string of the molecule is Cc1cc(=O)n2[nH]c(NC(=O)CC(C)C)nc2n1. The van der Waals surface area contributed by atoms with Crippen molar-refractivity contribution >= 4 is 17.6 Å². The second kappa shape index (κ2) is 4.59. The summed E-state index contributed by atoms with van der Waals surface area (Å²) in [6.07, 6.45) is 0.401. The predicted octanol–water partition coefficient (Wildman–Crippen LogP) is 0.711. The first-order valence-electron chi connectivity index (χ1n) is 5.72. The molecule has 0 aliphatic heterocycles. The molecule has 0 aliphatic rings. The fourth-order valence-corrected chi connectivity index (χ4v) is 1.60. The first kappa shape index (κ1) is 12.3. The number of fused-ring (bicyclic) bond motifs is 1. The molecular formula is C11H15N5O2. The number of amides is 1. The Labute approximate surface area is 103 Å². The molecular weight excluding hydrogens is 234 g/mol. The topological polar surface area (TPSA) is 92.2 Å². The van der Waals surface area contributed by atoms with Crippen molar-refractivity contribution in [1.29, 1.82) is 0 Å². The molecule has 2 aromatic rings. The largest absolute Gasteiger partial charge is 0.295 e. The number of aromatic nitrogens is 4. The second-order valence-corrected chi connectivity index (χ2v) is 4.59. The van der Waals surface area contributed by atoms with Gasteiger partial charge in [0.05, 0.1) is 0 Å². The molecule has 2 heterocycles.